The fourth-order valence-electron chi connectivity index (χ4n) is 2.94. The standard InChI is InChI=1S/C14H24N2O5/c1-10-6-16(8-12(9-17)21-10)14(19)11-5-13(18)15(7-11)3-4-20-2/h10-12,17H,3-9H2,1-2H3. The van der Waals surface area contributed by atoms with Gasteiger partial charge in [0.1, 0.15) is 0 Å². The normalized spacial score (nSPS) is 30.0. The number of carbonyl (C=O) groups excluding carboxylic acids is 2. The molecule has 3 unspecified atom stereocenters. The number of aliphatic hydroxyl groups excluding tert-OH is 1. The SMILES string of the molecule is COCCN1CC(C(=O)N2CC(C)OC(CO)C2)CC1=O. The van der Waals surface area contributed by atoms with Gasteiger partial charge in [0.25, 0.3) is 0 Å². The molecule has 2 heterocycles. The average molecular weight is 300 g/mol. The maximum atomic E-state index is 12.6. The van der Waals surface area contributed by atoms with Crippen LogP contribution in [0.4, 0.5) is 0 Å². The van der Waals surface area contributed by atoms with E-state index in [2.05, 4.69) is 0 Å². The zero-order valence-electron chi connectivity index (χ0n) is 12.7. The lowest BCUT2D eigenvalue weighted by molar-refractivity contribution is -0.151. The molecule has 0 aromatic heterocycles. The second kappa shape index (κ2) is 7.20. The van der Waals surface area contributed by atoms with Crippen molar-refractivity contribution < 1.29 is 24.2 Å². The number of rotatable bonds is 5. The number of nitrogens with zero attached hydrogens (tertiary/aromatic N) is 2. The van der Waals surface area contributed by atoms with Gasteiger partial charge < -0.3 is 24.4 Å². The number of methoxy groups -OCH3 is 1. The van der Waals surface area contributed by atoms with Gasteiger partial charge in [0.2, 0.25) is 11.8 Å². The molecule has 7 heteroatoms. The van der Waals surface area contributed by atoms with Gasteiger partial charge in [-0.25, -0.2) is 0 Å². The number of ether oxygens (including phenoxy) is 2. The Bertz CT molecular complexity index is 390. The van der Waals surface area contributed by atoms with E-state index >= 15 is 0 Å². The van der Waals surface area contributed by atoms with E-state index in [0.717, 1.165) is 0 Å². The number of carbonyl (C=O) groups is 2. The van der Waals surface area contributed by atoms with Crippen LogP contribution in [-0.4, -0.2) is 85.4 Å². The summed E-state index contributed by atoms with van der Waals surface area (Å²) in [5.41, 5.74) is 0. The lowest BCUT2D eigenvalue weighted by Crippen LogP contribution is -2.52. The van der Waals surface area contributed by atoms with Crippen LogP contribution < -0.4 is 0 Å². The van der Waals surface area contributed by atoms with E-state index in [0.29, 0.717) is 32.8 Å². The summed E-state index contributed by atoms with van der Waals surface area (Å²) in [5.74, 6) is -0.304. The molecule has 3 atom stereocenters. The molecule has 2 saturated heterocycles. The highest BCUT2D eigenvalue weighted by Crippen LogP contribution is 2.22. The molecule has 2 aliphatic rings. The molecule has 0 saturated carbocycles. The van der Waals surface area contributed by atoms with Crippen LogP contribution in [0.25, 0.3) is 0 Å². The molecule has 7 nitrogen and oxygen atoms in total. The molecule has 0 aromatic carbocycles. The number of hydrogen-bond acceptors (Lipinski definition) is 5. The summed E-state index contributed by atoms with van der Waals surface area (Å²) in [6.45, 7) is 4.15. The minimum absolute atomic E-state index is 0.00501. The van der Waals surface area contributed by atoms with Crippen molar-refractivity contribution >= 4 is 11.8 Å². The third-order valence-electron chi connectivity index (χ3n) is 3.97. The van der Waals surface area contributed by atoms with E-state index in [4.69, 9.17) is 9.47 Å². The molecular weight excluding hydrogens is 276 g/mol. The largest absolute Gasteiger partial charge is 0.394 e. The number of likely N-dealkylation sites (tertiary alicyclic amines) is 1. The Morgan fingerprint density at radius 1 is 1.43 bits per heavy atom. The van der Waals surface area contributed by atoms with Crippen molar-refractivity contribution in [2.24, 2.45) is 5.92 Å². The monoisotopic (exact) mass is 300 g/mol. The van der Waals surface area contributed by atoms with Crippen molar-refractivity contribution in [3.63, 3.8) is 0 Å². The van der Waals surface area contributed by atoms with Crippen LogP contribution in [-0.2, 0) is 19.1 Å². The minimum Gasteiger partial charge on any atom is -0.394 e. The second-order valence-corrected chi connectivity index (χ2v) is 5.73. The lowest BCUT2D eigenvalue weighted by Gasteiger charge is -2.37. The molecule has 0 radical (unpaired) electrons. The van der Waals surface area contributed by atoms with Gasteiger partial charge in [-0.15, -0.1) is 0 Å². The molecule has 120 valence electrons. The van der Waals surface area contributed by atoms with E-state index in [1.165, 1.54) is 0 Å². The zero-order valence-corrected chi connectivity index (χ0v) is 12.7. The Balaban J connectivity index is 1.92. The van der Waals surface area contributed by atoms with Crippen LogP contribution in [0.3, 0.4) is 0 Å². The van der Waals surface area contributed by atoms with Crippen molar-refractivity contribution in [1.82, 2.24) is 9.80 Å². The summed E-state index contributed by atoms with van der Waals surface area (Å²) in [6, 6.07) is 0. The van der Waals surface area contributed by atoms with Gasteiger partial charge >= 0.3 is 0 Å². The average Bonchev–Trinajstić information content (AvgIpc) is 2.84. The van der Waals surface area contributed by atoms with E-state index in [-0.39, 0.29) is 43.0 Å². The molecule has 21 heavy (non-hydrogen) atoms. The molecule has 2 aliphatic heterocycles. The van der Waals surface area contributed by atoms with Gasteiger partial charge in [-0.2, -0.15) is 0 Å². The van der Waals surface area contributed by atoms with E-state index < -0.39 is 0 Å². The number of amides is 2. The number of aliphatic hydroxyl groups is 1. The Morgan fingerprint density at radius 3 is 2.86 bits per heavy atom. The Labute approximate surface area is 124 Å². The van der Waals surface area contributed by atoms with E-state index in [1.807, 2.05) is 6.92 Å². The first-order valence-electron chi connectivity index (χ1n) is 7.37. The van der Waals surface area contributed by atoms with Crippen molar-refractivity contribution in [3.05, 3.63) is 0 Å². The number of hydrogen-bond donors (Lipinski definition) is 1. The summed E-state index contributed by atoms with van der Waals surface area (Å²) in [6.07, 6.45) is -0.168. The van der Waals surface area contributed by atoms with Gasteiger partial charge in [0.15, 0.2) is 0 Å². The molecule has 2 fully saturated rings. The quantitative estimate of drug-likeness (QED) is 0.711. The smallest absolute Gasteiger partial charge is 0.228 e. The first kappa shape index (κ1) is 16.2. The highest BCUT2D eigenvalue weighted by atomic mass is 16.5. The van der Waals surface area contributed by atoms with Crippen LogP contribution in [0.5, 0.6) is 0 Å². The maximum absolute atomic E-state index is 12.6. The first-order valence-corrected chi connectivity index (χ1v) is 7.37. The van der Waals surface area contributed by atoms with Crippen molar-refractivity contribution in [2.75, 3.05) is 46.5 Å². The highest BCUT2D eigenvalue weighted by Gasteiger charge is 2.38. The Kier molecular flexibility index (Phi) is 5.55. The van der Waals surface area contributed by atoms with Crippen molar-refractivity contribution in [1.29, 1.82) is 0 Å². The fourth-order valence-corrected chi connectivity index (χ4v) is 2.94. The van der Waals surface area contributed by atoms with Crippen LogP contribution in [0.1, 0.15) is 13.3 Å². The zero-order chi connectivity index (χ0) is 15.4. The van der Waals surface area contributed by atoms with Crippen molar-refractivity contribution in [2.45, 2.75) is 25.6 Å². The summed E-state index contributed by atoms with van der Waals surface area (Å²) in [7, 11) is 1.59. The molecule has 0 spiro atoms. The summed E-state index contributed by atoms with van der Waals surface area (Å²) in [5, 5.41) is 9.22. The van der Waals surface area contributed by atoms with E-state index in [9.17, 15) is 14.7 Å². The predicted octanol–water partition coefficient (Wildman–Crippen LogP) is -0.910. The minimum atomic E-state index is -0.334. The summed E-state index contributed by atoms with van der Waals surface area (Å²) >= 11 is 0. The lowest BCUT2D eigenvalue weighted by atomic mass is 10.1. The molecule has 0 aromatic rings. The maximum Gasteiger partial charge on any atom is 0.228 e. The Hall–Kier alpha value is -1.18. The molecule has 0 aliphatic carbocycles. The van der Waals surface area contributed by atoms with Gasteiger partial charge in [0.05, 0.1) is 31.3 Å². The topological polar surface area (TPSA) is 79.3 Å². The Morgan fingerprint density at radius 2 is 2.19 bits per heavy atom. The van der Waals surface area contributed by atoms with Gasteiger partial charge in [0, 0.05) is 39.7 Å². The summed E-state index contributed by atoms with van der Waals surface area (Å²) in [4.78, 5) is 27.8. The van der Waals surface area contributed by atoms with Crippen LogP contribution in [0.2, 0.25) is 0 Å². The van der Waals surface area contributed by atoms with Crippen molar-refractivity contribution in [3.8, 4) is 0 Å². The molecule has 1 N–H and O–H groups in total. The predicted molar refractivity (Wildman–Crippen MR) is 74.6 cm³/mol. The molecular formula is C14H24N2O5. The van der Waals surface area contributed by atoms with Gasteiger partial charge in [-0.3, -0.25) is 9.59 Å². The molecule has 0 bridgehead atoms. The second-order valence-electron chi connectivity index (χ2n) is 5.73. The van der Waals surface area contributed by atoms with Crippen LogP contribution in [0, 0.1) is 5.92 Å². The number of morpholine rings is 1. The van der Waals surface area contributed by atoms with Gasteiger partial charge in [-0.05, 0) is 6.92 Å². The third kappa shape index (κ3) is 3.93. The van der Waals surface area contributed by atoms with Gasteiger partial charge in [-0.1, -0.05) is 0 Å². The third-order valence-corrected chi connectivity index (χ3v) is 3.97. The van der Waals surface area contributed by atoms with Crippen LogP contribution >= 0.6 is 0 Å². The molecule has 2 rings (SSSR count). The first-order chi connectivity index (χ1) is 10.0. The highest BCUT2D eigenvalue weighted by molar-refractivity contribution is 5.89. The fraction of sp³-hybridized carbons (Fsp3) is 0.857. The van der Waals surface area contributed by atoms with Crippen LogP contribution in [0.15, 0.2) is 0 Å². The molecule has 2 amide bonds. The van der Waals surface area contributed by atoms with E-state index in [1.54, 1.807) is 16.9 Å². The summed E-state index contributed by atoms with van der Waals surface area (Å²) < 4.78 is 10.5.